The van der Waals surface area contributed by atoms with Crippen LogP contribution in [0.4, 0.5) is 5.82 Å². The summed E-state index contributed by atoms with van der Waals surface area (Å²) in [7, 11) is 0. The molecular formula is C21H25N7O. The minimum Gasteiger partial charge on any atom is -0.351 e. The largest absolute Gasteiger partial charge is 0.351 e. The number of benzene rings is 1. The van der Waals surface area contributed by atoms with Gasteiger partial charge in [0.2, 0.25) is 5.91 Å². The van der Waals surface area contributed by atoms with E-state index in [4.69, 9.17) is 0 Å². The number of nitrogens with zero attached hydrogens (tertiary/aromatic N) is 7. The molecule has 0 spiro atoms. The normalized spacial score (nSPS) is 17.9. The lowest BCUT2D eigenvalue weighted by atomic mass is 10.0. The number of piperazine rings is 1. The summed E-state index contributed by atoms with van der Waals surface area (Å²) in [5, 5.41) is 8.65. The van der Waals surface area contributed by atoms with E-state index < -0.39 is 0 Å². The van der Waals surface area contributed by atoms with E-state index in [2.05, 4.69) is 25.2 Å². The van der Waals surface area contributed by atoms with Gasteiger partial charge in [0.25, 0.3) is 0 Å². The molecule has 2 aromatic heterocycles. The van der Waals surface area contributed by atoms with Crippen molar-refractivity contribution < 1.29 is 4.79 Å². The number of anilines is 1. The number of carbonyl (C=O) groups excluding carboxylic acids is 1. The van der Waals surface area contributed by atoms with Crippen LogP contribution in [0.1, 0.15) is 32.1 Å². The van der Waals surface area contributed by atoms with Crippen LogP contribution < -0.4 is 4.90 Å². The van der Waals surface area contributed by atoms with Gasteiger partial charge in [0.05, 0.1) is 5.69 Å². The molecule has 29 heavy (non-hydrogen) atoms. The summed E-state index contributed by atoms with van der Waals surface area (Å²) in [4.78, 5) is 25.7. The minimum atomic E-state index is 0.305. The van der Waals surface area contributed by atoms with Crippen molar-refractivity contribution >= 4 is 22.9 Å². The zero-order valence-electron chi connectivity index (χ0n) is 16.4. The average Bonchev–Trinajstić information content (AvgIpc) is 3.44. The zero-order valence-corrected chi connectivity index (χ0v) is 16.4. The third-order valence-corrected chi connectivity index (χ3v) is 6.09. The van der Waals surface area contributed by atoms with Crippen molar-refractivity contribution in [1.82, 2.24) is 29.9 Å². The summed E-state index contributed by atoms with van der Waals surface area (Å²) in [5.74, 6) is 1.69. The quantitative estimate of drug-likeness (QED) is 0.680. The first-order valence-electron chi connectivity index (χ1n) is 10.4. The zero-order chi connectivity index (χ0) is 19.6. The van der Waals surface area contributed by atoms with Crippen molar-refractivity contribution in [3.8, 4) is 5.69 Å². The second kappa shape index (κ2) is 7.77. The molecule has 3 aromatic rings. The van der Waals surface area contributed by atoms with Crippen molar-refractivity contribution in [2.24, 2.45) is 5.92 Å². The average molecular weight is 391 g/mol. The number of para-hydroxylation sites is 1. The van der Waals surface area contributed by atoms with Crippen molar-refractivity contribution in [1.29, 1.82) is 0 Å². The minimum absolute atomic E-state index is 0.305. The Kier molecular flexibility index (Phi) is 4.83. The second-order valence-electron chi connectivity index (χ2n) is 7.93. The number of fused-ring (bicyclic) bond motifs is 1. The molecule has 1 saturated heterocycles. The Labute approximate surface area is 169 Å². The van der Waals surface area contributed by atoms with Crippen molar-refractivity contribution in [2.45, 2.75) is 32.1 Å². The lowest BCUT2D eigenvalue weighted by molar-refractivity contribution is -0.132. The van der Waals surface area contributed by atoms with Crippen molar-refractivity contribution in [3.05, 3.63) is 36.7 Å². The maximum absolute atomic E-state index is 12.6. The van der Waals surface area contributed by atoms with Crippen LogP contribution in [0.3, 0.4) is 0 Å². The molecule has 1 aliphatic heterocycles. The van der Waals surface area contributed by atoms with Gasteiger partial charge in [-0.15, -0.1) is 5.10 Å². The van der Waals surface area contributed by atoms with Gasteiger partial charge >= 0.3 is 0 Å². The van der Waals surface area contributed by atoms with Crippen LogP contribution in [0.2, 0.25) is 0 Å². The van der Waals surface area contributed by atoms with Crippen LogP contribution in [0.15, 0.2) is 36.7 Å². The molecule has 1 aliphatic carbocycles. The lowest BCUT2D eigenvalue weighted by Gasteiger charge is -2.35. The first-order chi connectivity index (χ1) is 14.3. The Morgan fingerprint density at radius 1 is 1.00 bits per heavy atom. The van der Waals surface area contributed by atoms with Crippen LogP contribution in [0.5, 0.6) is 0 Å². The van der Waals surface area contributed by atoms with Crippen LogP contribution in [-0.2, 0) is 4.79 Å². The highest BCUT2D eigenvalue weighted by Gasteiger charge is 2.27. The number of carbonyl (C=O) groups is 1. The van der Waals surface area contributed by atoms with Crippen molar-refractivity contribution in [2.75, 3.05) is 31.1 Å². The molecule has 8 nitrogen and oxygen atoms in total. The smallest absolute Gasteiger partial charge is 0.222 e. The maximum atomic E-state index is 12.6. The van der Waals surface area contributed by atoms with E-state index in [0.717, 1.165) is 37.7 Å². The Hall–Kier alpha value is -3.03. The van der Waals surface area contributed by atoms with E-state index in [1.807, 2.05) is 35.2 Å². The molecule has 1 aromatic carbocycles. The number of rotatable bonds is 4. The van der Waals surface area contributed by atoms with Crippen LogP contribution >= 0.6 is 0 Å². The fourth-order valence-electron chi connectivity index (χ4n) is 4.47. The number of hydrogen-bond donors (Lipinski definition) is 0. The highest BCUT2D eigenvalue weighted by Crippen LogP contribution is 2.29. The summed E-state index contributed by atoms with van der Waals surface area (Å²) in [6, 6.07) is 9.85. The highest BCUT2D eigenvalue weighted by atomic mass is 16.2. The Morgan fingerprint density at radius 2 is 1.76 bits per heavy atom. The first kappa shape index (κ1) is 18.0. The van der Waals surface area contributed by atoms with Gasteiger partial charge in [0.15, 0.2) is 17.0 Å². The van der Waals surface area contributed by atoms with Gasteiger partial charge in [-0.3, -0.25) is 4.79 Å². The van der Waals surface area contributed by atoms with E-state index >= 15 is 0 Å². The molecule has 0 radical (unpaired) electrons. The molecule has 0 atom stereocenters. The molecule has 3 heterocycles. The molecule has 2 aliphatic rings. The standard InChI is InChI=1S/C21H25N7O/c29-18(14-16-6-4-5-7-16)26-10-12-27(13-11-26)20-19-21(23-15-22-20)28(25-24-19)17-8-2-1-3-9-17/h1-3,8-9,15-16H,4-7,10-14H2. The first-order valence-corrected chi connectivity index (χ1v) is 10.4. The molecule has 2 fully saturated rings. The van der Waals surface area contributed by atoms with Gasteiger partial charge in [-0.1, -0.05) is 36.3 Å². The summed E-state index contributed by atoms with van der Waals surface area (Å²) < 4.78 is 1.74. The second-order valence-corrected chi connectivity index (χ2v) is 7.93. The molecule has 0 unspecified atom stereocenters. The summed E-state index contributed by atoms with van der Waals surface area (Å²) >= 11 is 0. The van der Waals surface area contributed by atoms with Gasteiger partial charge in [0, 0.05) is 32.6 Å². The van der Waals surface area contributed by atoms with Gasteiger partial charge in [-0.25, -0.2) is 9.97 Å². The van der Waals surface area contributed by atoms with E-state index in [9.17, 15) is 4.79 Å². The van der Waals surface area contributed by atoms with Gasteiger partial charge < -0.3 is 9.80 Å². The SMILES string of the molecule is O=C(CC1CCCC1)N1CCN(c2ncnc3c2nnn3-c2ccccc2)CC1. The van der Waals surface area contributed by atoms with E-state index in [1.165, 1.54) is 25.7 Å². The number of aromatic nitrogens is 5. The predicted octanol–water partition coefficient (Wildman–Crippen LogP) is 2.44. The van der Waals surface area contributed by atoms with E-state index in [1.54, 1.807) is 11.0 Å². The maximum Gasteiger partial charge on any atom is 0.222 e. The summed E-state index contributed by atoms with van der Waals surface area (Å²) in [5.41, 5.74) is 2.31. The molecule has 0 N–H and O–H groups in total. The van der Waals surface area contributed by atoms with Crippen LogP contribution in [0, 0.1) is 5.92 Å². The van der Waals surface area contributed by atoms with E-state index in [-0.39, 0.29) is 0 Å². The van der Waals surface area contributed by atoms with Gasteiger partial charge in [0.1, 0.15) is 6.33 Å². The fraction of sp³-hybridized carbons (Fsp3) is 0.476. The Bertz CT molecular complexity index is 989. The third-order valence-electron chi connectivity index (χ3n) is 6.09. The number of amides is 1. The monoisotopic (exact) mass is 391 g/mol. The Morgan fingerprint density at radius 3 is 2.52 bits per heavy atom. The van der Waals surface area contributed by atoms with Gasteiger partial charge in [-0.2, -0.15) is 4.68 Å². The molecule has 1 saturated carbocycles. The molecular weight excluding hydrogens is 366 g/mol. The van der Waals surface area contributed by atoms with Crippen molar-refractivity contribution in [3.63, 3.8) is 0 Å². The number of hydrogen-bond acceptors (Lipinski definition) is 6. The molecule has 5 rings (SSSR count). The molecule has 0 bridgehead atoms. The molecule has 1 amide bonds. The third kappa shape index (κ3) is 3.54. The molecule has 8 heteroatoms. The fourth-order valence-corrected chi connectivity index (χ4v) is 4.47. The van der Waals surface area contributed by atoms with Gasteiger partial charge in [-0.05, 0) is 30.9 Å². The summed E-state index contributed by atoms with van der Waals surface area (Å²) in [6.45, 7) is 2.95. The Balaban J connectivity index is 1.31. The summed E-state index contributed by atoms with van der Waals surface area (Å²) in [6.07, 6.45) is 7.25. The lowest BCUT2D eigenvalue weighted by Crippen LogP contribution is -2.49. The molecule has 150 valence electrons. The topological polar surface area (TPSA) is 80.0 Å². The highest BCUT2D eigenvalue weighted by molar-refractivity contribution is 5.84. The van der Waals surface area contributed by atoms with Crippen LogP contribution in [-0.4, -0.2) is 61.9 Å². The predicted molar refractivity (Wildman–Crippen MR) is 110 cm³/mol. The van der Waals surface area contributed by atoms with Crippen LogP contribution in [0.25, 0.3) is 16.9 Å². The van der Waals surface area contributed by atoms with E-state index in [0.29, 0.717) is 29.4 Å².